The van der Waals surface area contributed by atoms with E-state index in [4.69, 9.17) is 26.8 Å². The van der Waals surface area contributed by atoms with Gasteiger partial charge in [0.1, 0.15) is 18.4 Å². The van der Waals surface area contributed by atoms with E-state index < -0.39 is 0 Å². The summed E-state index contributed by atoms with van der Waals surface area (Å²) >= 11 is 5.96. The van der Waals surface area contributed by atoms with Crippen molar-refractivity contribution in [2.75, 3.05) is 19.5 Å². The molecule has 0 fully saturated rings. The summed E-state index contributed by atoms with van der Waals surface area (Å²) in [6, 6.07) is 19.0. The molecule has 0 bridgehead atoms. The van der Waals surface area contributed by atoms with Crippen LogP contribution in [0.25, 0.3) is 0 Å². The minimum Gasteiger partial charge on any atom is -0.493 e. The minimum atomic E-state index is 0.386. The standard InChI is InChI=1S/C21H20ClN3O2/c1-26-20-4-2-3-5-21(20)27-11-10-25-17(14-23)13-18(24)19(25)12-15-6-8-16(22)9-7-15/h2-9,13H,10-12,24H2,1H3. The van der Waals surface area contributed by atoms with Gasteiger partial charge >= 0.3 is 0 Å². The maximum Gasteiger partial charge on any atom is 0.161 e. The summed E-state index contributed by atoms with van der Waals surface area (Å²) in [7, 11) is 1.60. The molecule has 138 valence electrons. The SMILES string of the molecule is COc1ccccc1OCCn1c(C#N)cc(N)c1Cc1ccc(Cl)cc1. The van der Waals surface area contributed by atoms with E-state index >= 15 is 0 Å². The Morgan fingerprint density at radius 1 is 1.11 bits per heavy atom. The summed E-state index contributed by atoms with van der Waals surface area (Å²) < 4.78 is 13.0. The number of aromatic nitrogens is 1. The van der Waals surface area contributed by atoms with Crippen LogP contribution in [0.2, 0.25) is 5.02 Å². The summed E-state index contributed by atoms with van der Waals surface area (Å²) in [5.74, 6) is 1.34. The number of methoxy groups -OCH3 is 1. The third-order valence-electron chi connectivity index (χ3n) is 4.28. The molecule has 3 rings (SSSR count). The summed E-state index contributed by atoms with van der Waals surface area (Å²) in [5, 5.41) is 10.1. The van der Waals surface area contributed by atoms with Crippen LogP contribution < -0.4 is 15.2 Å². The Morgan fingerprint density at radius 3 is 2.48 bits per heavy atom. The van der Waals surface area contributed by atoms with Crippen molar-refractivity contribution in [3.63, 3.8) is 0 Å². The van der Waals surface area contributed by atoms with Gasteiger partial charge in [-0.25, -0.2) is 0 Å². The van der Waals surface area contributed by atoms with E-state index in [9.17, 15) is 5.26 Å². The van der Waals surface area contributed by atoms with Crippen LogP contribution >= 0.6 is 11.6 Å². The predicted octanol–water partition coefficient (Wildman–Crippen LogP) is 4.27. The summed E-state index contributed by atoms with van der Waals surface area (Å²) in [6.45, 7) is 0.887. The molecule has 0 saturated heterocycles. The summed E-state index contributed by atoms with van der Waals surface area (Å²) in [6.07, 6.45) is 0.610. The van der Waals surface area contributed by atoms with Crippen LogP contribution in [0.3, 0.4) is 0 Å². The predicted molar refractivity (Wildman–Crippen MR) is 106 cm³/mol. The van der Waals surface area contributed by atoms with Gasteiger partial charge in [-0.1, -0.05) is 35.9 Å². The number of hydrogen-bond donors (Lipinski definition) is 1. The van der Waals surface area contributed by atoms with Crippen molar-refractivity contribution in [1.82, 2.24) is 4.57 Å². The highest BCUT2D eigenvalue weighted by Gasteiger charge is 2.14. The van der Waals surface area contributed by atoms with E-state index in [0.29, 0.717) is 47.5 Å². The highest BCUT2D eigenvalue weighted by molar-refractivity contribution is 6.30. The molecule has 0 aliphatic rings. The number of anilines is 1. The Bertz CT molecular complexity index is 959. The number of hydrogen-bond acceptors (Lipinski definition) is 4. The normalized spacial score (nSPS) is 10.4. The topological polar surface area (TPSA) is 73.2 Å². The maximum atomic E-state index is 9.45. The van der Waals surface area contributed by atoms with Crippen LogP contribution in [-0.2, 0) is 13.0 Å². The molecule has 0 radical (unpaired) electrons. The van der Waals surface area contributed by atoms with Gasteiger partial charge in [0.15, 0.2) is 11.5 Å². The van der Waals surface area contributed by atoms with E-state index in [-0.39, 0.29) is 0 Å². The van der Waals surface area contributed by atoms with Gasteiger partial charge in [0.2, 0.25) is 0 Å². The molecule has 6 heteroatoms. The van der Waals surface area contributed by atoms with Crippen molar-refractivity contribution in [1.29, 1.82) is 5.26 Å². The fourth-order valence-corrected chi connectivity index (χ4v) is 3.06. The van der Waals surface area contributed by atoms with Gasteiger partial charge in [-0.3, -0.25) is 0 Å². The maximum absolute atomic E-state index is 9.45. The molecule has 1 heterocycles. The second-order valence-corrected chi connectivity index (χ2v) is 6.43. The van der Waals surface area contributed by atoms with Gasteiger partial charge < -0.3 is 19.8 Å². The Labute approximate surface area is 163 Å². The first-order valence-electron chi connectivity index (χ1n) is 8.50. The lowest BCUT2D eigenvalue weighted by Crippen LogP contribution is -2.13. The summed E-state index contributed by atoms with van der Waals surface area (Å²) in [5.41, 5.74) is 9.23. The largest absolute Gasteiger partial charge is 0.493 e. The summed E-state index contributed by atoms with van der Waals surface area (Å²) in [4.78, 5) is 0. The van der Waals surface area contributed by atoms with Crippen molar-refractivity contribution >= 4 is 17.3 Å². The molecule has 5 nitrogen and oxygen atoms in total. The Balaban J connectivity index is 1.78. The molecule has 3 aromatic rings. The van der Waals surface area contributed by atoms with E-state index in [1.54, 1.807) is 13.2 Å². The number of ether oxygens (including phenoxy) is 2. The highest BCUT2D eigenvalue weighted by atomic mass is 35.5. The zero-order valence-electron chi connectivity index (χ0n) is 15.0. The Kier molecular flexibility index (Phi) is 5.90. The molecule has 0 unspecified atom stereocenters. The van der Waals surface area contributed by atoms with Crippen molar-refractivity contribution in [2.45, 2.75) is 13.0 Å². The molecule has 0 atom stereocenters. The number of nitriles is 1. The number of rotatable bonds is 7. The van der Waals surface area contributed by atoms with E-state index in [2.05, 4.69) is 6.07 Å². The molecular formula is C21H20ClN3O2. The fourth-order valence-electron chi connectivity index (χ4n) is 2.94. The van der Waals surface area contributed by atoms with Crippen LogP contribution in [0.1, 0.15) is 17.0 Å². The Morgan fingerprint density at radius 2 is 1.81 bits per heavy atom. The lowest BCUT2D eigenvalue weighted by atomic mass is 10.1. The fraction of sp³-hybridized carbons (Fsp3) is 0.190. The molecule has 0 saturated carbocycles. The van der Waals surface area contributed by atoms with Crippen molar-refractivity contribution < 1.29 is 9.47 Å². The van der Waals surface area contributed by atoms with Crippen LogP contribution in [0, 0.1) is 11.3 Å². The minimum absolute atomic E-state index is 0.386. The first kappa shape index (κ1) is 18.7. The zero-order chi connectivity index (χ0) is 19.2. The van der Waals surface area contributed by atoms with Crippen molar-refractivity contribution in [2.24, 2.45) is 0 Å². The van der Waals surface area contributed by atoms with Crippen molar-refractivity contribution in [3.8, 4) is 17.6 Å². The van der Waals surface area contributed by atoms with Gasteiger partial charge in [0, 0.05) is 17.1 Å². The van der Waals surface area contributed by atoms with E-state index in [1.165, 1.54) is 0 Å². The first-order valence-corrected chi connectivity index (χ1v) is 8.88. The number of nitrogen functional groups attached to an aromatic ring is 1. The molecule has 0 aliphatic heterocycles. The quantitative estimate of drug-likeness (QED) is 0.663. The van der Waals surface area contributed by atoms with Crippen molar-refractivity contribution in [3.05, 3.63) is 76.6 Å². The molecule has 1 aromatic heterocycles. The molecule has 27 heavy (non-hydrogen) atoms. The van der Waals surface area contributed by atoms with Crippen LogP contribution in [0.5, 0.6) is 11.5 Å². The number of nitrogens with two attached hydrogens (primary N) is 1. The number of halogens is 1. The molecule has 2 aromatic carbocycles. The second kappa shape index (κ2) is 8.52. The Hall–Kier alpha value is -3.10. The third kappa shape index (κ3) is 4.36. The van der Waals surface area contributed by atoms with Gasteiger partial charge in [-0.2, -0.15) is 5.26 Å². The second-order valence-electron chi connectivity index (χ2n) is 6.00. The number of para-hydroxylation sites is 2. The smallest absolute Gasteiger partial charge is 0.161 e. The lowest BCUT2D eigenvalue weighted by molar-refractivity contribution is 0.278. The third-order valence-corrected chi connectivity index (χ3v) is 4.53. The average molecular weight is 382 g/mol. The molecular weight excluding hydrogens is 362 g/mol. The van der Waals surface area contributed by atoms with Crippen LogP contribution in [0.15, 0.2) is 54.6 Å². The van der Waals surface area contributed by atoms with Gasteiger partial charge in [0.25, 0.3) is 0 Å². The number of nitrogens with zero attached hydrogens (tertiary/aromatic N) is 2. The number of benzene rings is 2. The highest BCUT2D eigenvalue weighted by Crippen LogP contribution is 2.26. The zero-order valence-corrected chi connectivity index (χ0v) is 15.7. The van der Waals surface area contributed by atoms with Crippen LogP contribution in [-0.4, -0.2) is 18.3 Å². The van der Waals surface area contributed by atoms with E-state index in [0.717, 1.165) is 11.3 Å². The van der Waals surface area contributed by atoms with Gasteiger partial charge in [-0.15, -0.1) is 0 Å². The van der Waals surface area contributed by atoms with Gasteiger partial charge in [-0.05, 0) is 35.9 Å². The molecule has 0 aliphatic carbocycles. The molecule has 0 amide bonds. The molecule has 2 N–H and O–H groups in total. The molecule has 0 spiro atoms. The lowest BCUT2D eigenvalue weighted by Gasteiger charge is -2.14. The van der Waals surface area contributed by atoms with Gasteiger partial charge in [0.05, 0.1) is 19.3 Å². The van der Waals surface area contributed by atoms with E-state index in [1.807, 2.05) is 53.1 Å². The first-order chi connectivity index (χ1) is 13.1. The van der Waals surface area contributed by atoms with Crippen LogP contribution in [0.4, 0.5) is 5.69 Å². The monoisotopic (exact) mass is 381 g/mol. The average Bonchev–Trinajstić information content (AvgIpc) is 2.99.